The standard InChI is InChI=1S/C9H17N3O3/c10-9(15)8(5-13)12(6-14)4-7-2-1-3-11-7/h6-8,11,13H,1-5H2,(H2,10,15). The molecule has 0 saturated carbocycles. The van der Waals surface area contributed by atoms with Gasteiger partial charge in [-0.3, -0.25) is 9.59 Å². The highest BCUT2D eigenvalue weighted by Gasteiger charge is 2.25. The van der Waals surface area contributed by atoms with Crippen LogP contribution < -0.4 is 11.1 Å². The van der Waals surface area contributed by atoms with Crippen molar-refractivity contribution in [3.8, 4) is 0 Å². The maximum absolute atomic E-state index is 10.9. The average molecular weight is 215 g/mol. The van der Waals surface area contributed by atoms with E-state index in [-0.39, 0.29) is 6.04 Å². The highest BCUT2D eigenvalue weighted by molar-refractivity contribution is 5.82. The zero-order valence-corrected chi connectivity index (χ0v) is 8.56. The van der Waals surface area contributed by atoms with Crippen LogP contribution in [0.25, 0.3) is 0 Å². The molecular weight excluding hydrogens is 198 g/mol. The van der Waals surface area contributed by atoms with Gasteiger partial charge in [0.2, 0.25) is 12.3 Å². The fraction of sp³-hybridized carbons (Fsp3) is 0.778. The number of nitrogens with one attached hydrogen (secondary N) is 1. The van der Waals surface area contributed by atoms with Crippen molar-refractivity contribution in [2.24, 2.45) is 5.73 Å². The predicted octanol–water partition coefficient (Wildman–Crippen LogP) is -1.96. The van der Waals surface area contributed by atoms with Gasteiger partial charge in [-0.25, -0.2) is 0 Å². The summed E-state index contributed by atoms with van der Waals surface area (Å²) in [6.45, 7) is 0.913. The fourth-order valence-corrected chi connectivity index (χ4v) is 1.77. The molecule has 15 heavy (non-hydrogen) atoms. The molecule has 0 bridgehead atoms. The molecule has 4 N–H and O–H groups in total. The minimum absolute atomic E-state index is 0.198. The first-order valence-corrected chi connectivity index (χ1v) is 5.03. The number of carbonyl (C=O) groups excluding carboxylic acids is 2. The molecule has 2 atom stereocenters. The molecule has 1 aliphatic heterocycles. The smallest absolute Gasteiger partial charge is 0.242 e. The number of hydrogen-bond donors (Lipinski definition) is 3. The largest absolute Gasteiger partial charge is 0.394 e. The number of carbonyl (C=O) groups is 2. The number of hydrogen-bond acceptors (Lipinski definition) is 4. The first-order chi connectivity index (χ1) is 7.19. The molecule has 1 fully saturated rings. The highest BCUT2D eigenvalue weighted by Crippen LogP contribution is 2.07. The summed E-state index contributed by atoms with van der Waals surface area (Å²) < 4.78 is 0. The van der Waals surface area contributed by atoms with Crippen molar-refractivity contribution in [3.05, 3.63) is 0 Å². The van der Waals surface area contributed by atoms with Gasteiger partial charge in [-0.1, -0.05) is 0 Å². The van der Waals surface area contributed by atoms with Crippen LogP contribution in [0.2, 0.25) is 0 Å². The van der Waals surface area contributed by atoms with Gasteiger partial charge in [0.25, 0.3) is 0 Å². The van der Waals surface area contributed by atoms with Gasteiger partial charge in [0.1, 0.15) is 6.04 Å². The summed E-state index contributed by atoms with van der Waals surface area (Å²) in [5, 5.41) is 12.2. The summed E-state index contributed by atoms with van der Waals surface area (Å²) >= 11 is 0. The van der Waals surface area contributed by atoms with Gasteiger partial charge in [-0.15, -0.1) is 0 Å². The number of aliphatic hydroxyl groups excluding tert-OH is 1. The lowest BCUT2D eigenvalue weighted by Gasteiger charge is -2.26. The lowest BCUT2D eigenvalue weighted by atomic mass is 10.2. The van der Waals surface area contributed by atoms with Gasteiger partial charge >= 0.3 is 0 Å². The second kappa shape index (κ2) is 5.67. The molecule has 1 saturated heterocycles. The zero-order chi connectivity index (χ0) is 11.3. The molecule has 2 unspecified atom stereocenters. The van der Waals surface area contributed by atoms with Crippen molar-refractivity contribution >= 4 is 12.3 Å². The molecule has 0 radical (unpaired) electrons. The molecule has 0 aliphatic carbocycles. The van der Waals surface area contributed by atoms with Crippen LogP contribution in [0, 0.1) is 0 Å². The SMILES string of the molecule is NC(=O)C(CO)N(C=O)CC1CCCN1. The Labute approximate surface area is 88.4 Å². The molecule has 0 aromatic carbocycles. The summed E-state index contributed by atoms with van der Waals surface area (Å²) in [5.74, 6) is -0.678. The molecule has 1 aliphatic rings. The van der Waals surface area contributed by atoms with E-state index in [0.717, 1.165) is 19.4 Å². The molecule has 1 rings (SSSR count). The minimum atomic E-state index is -0.912. The molecule has 2 amide bonds. The normalized spacial score (nSPS) is 22.3. The van der Waals surface area contributed by atoms with Crippen LogP contribution in [-0.4, -0.2) is 54.1 Å². The summed E-state index contributed by atoms with van der Waals surface area (Å²) in [6, 6.07) is -0.714. The predicted molar refractivity (Wildman–Crippen MR) is 53.9 cm³/mol. The molecule has 0 aromatic rings. The second-order valence-corrected chi connectivity index (χ2v) is 3.70. The van der Waals surface area contributed by atoms with Crippen LogP contribution in [-0.2, 0) is 9.59 Å². The van der Waals surface area contributed by atoms with Gasteiger partial charge in [0, 0.05) is 12.6 Å². The Bertz CT molecular complexity index is 229. The maximum Gasteiger partial charge on any atom is 0.242 e. The van der Waals surface area contributed by atoms with E-state index in [4.69, 9.17) is 10.8 Å². The van der Waals surface area contributed by atoms with Crippen molar-refractivity contribution in [1.29, 1.82) is 0 Å². The van der Waals surface area contributed by atoms with Gasteiger partial charge < -0.3 is 21.1 Å². The monoisotopic (exact) mass is 215 g/mol. The Kier molecular flexibility index (Phi) is 4.51. The van der Waals surface area contributed by atoms with E-state index in [1.165, 1.54) is 4.90 Å². The number of nitrogens with zero attached hydrogens (tertiary/aromatic N) is 1. The maximum atomic E-state index is 10.9. The van der Waals surface area contributed by atoms with E-state index in [0.29, 0.717) is 13.0 Å². The van der Waals surface area contributed by atoms with Gasteiger partial charge in [0.15, 0.2) is 0 Å². The molecular formula is C9H17N3O3. The summed E-state index contributed by atoms with van der Waals surface area (Å²) in [6.07, 6.45) is 2.60. The van der Waals surface area contributed by atoms with E-state index < -0.39 is 18.6 Å². The first-order valence-electron chi connectivity index (χ1n) is 5.03. The Hall–Kier alpha value is -1.14. The van der Waals surface area contributed by atoms with Crippen molar-refractivity contribution < 1.29 is 14.7 Å². The highest BCUT2D eigenvalue weighted by atomic mass is 16.3. The van der Waals surface area contributed by atoms with Crippen molar-refractivity contribution in [3.63, 3.8) is 0 Å². The molecule has 0 aromatic heterocycles. The van der Waals surface area contributed by atoms with Crippen LogP contribution in [0.5, 0.6) is 0 Å². The van der Waals surface area contributed by atoms with Gasteiger partial charge in [-0.2, -0.15) is 0 Å². The average Bonchev–Trinajstić information content (AvgIpc) is 2.69. The van der Waals surface area contributed by atoms with E-state index in [1.807, 2.05) is 0 Å². The van der Waals surface area contributed by atoms with E-state index in [9.17, 15) is 9.59 Å². The van der Waals surface area contributed by atoms with Crippen LogP contribution >= 0.6 is 0 Å². The van der Waals surface area contributed by atoms with Crippen LogP contribution in [0.1, 0.15) is 12.8 Å². The molecule has 6 nitrogen and oxygen atoms in total. The van der Waals surface area contributed by atoms with Crippen LogP contribution in [0.15, 0.2) is 0 Å². The van der Waals surface area contributed by atoms with Gasteiger partial charge in [0.05, 0.1) is 6.61 Å². The fourth-order valence-electron chi connectivity index (χ4n) is 1.77. The zero-order valence-electron chi connectivity index (χ0n) is 8.56. The number of amides is 2. The Morgan fingerprint density at radius 1 is 1.73 bits per heavy atom. The molecule has 0 spiro atoms. The summed E-state index contributed by atoms with van der Waals surface area (Å²) in [7, 11) is 0. The summed E-state index contributed by atoms with van der Waals surface area (Å²) in [4.78, 5) is 23.0. The Morgan fingerprint density at radius 2 is 2.47 bits per heavy atom. The topological polar surface area (TPSA) is 95.7 Å². The number of nitrogens with two attached hydrogens (primary N) is 1. The van der Waals surface area contributed by atoms with Crippen molar-refractivity contribution in [2.45, 2.75) is 24.9 Å². The number of primary amides is 1. The number of rotatable bonds is 6. The van der Waals surface area contributed by atoms with Crippen LogP contribution in [0.4, 0.5) is 0 Å². The number of aliphatic hydroxyl groups is 1. The molecule has 6 heteroatoms. The van der Waals surface area contributed by atoms with E-state index in [2.05, 4.69) is 5.32 Å². The van der Waals surface area contributed by atoms with Crippen LogP contribution in [0.3, 0.4) is 0 Å². The quantitative estimate of drug-likeness (QED) is 0.448. The Balaban J connectivity index is 2.52. The lowest BCUT2D eigenvalue weighted by molar-refractivity contribution is -0.132. The molecule has 1 heterocycles. The van der Waals surface area contributed by atoms with Crippen molar-refractivity contribution in [1.82, 2.24) is 10.2 Å². The second-order valence-electron chi connectivity index (χ2n) is 3.70. The first kappa shape index (κ1) is 11.9. The van der Waals surface area contributed by atoms with E-state index >= 15 is 0 Å². The third-order valence-electron chi connectivity index (χ3n) is 2.63. The molecule has 86 valence electrons. The minimum Gasteiger partial charge on any atom is -0.394 e. The third-order valence-corrected chi connectivity index (χ3v) is 2.63. The van der Waals surface area contributed by atoms with Crippen molar-refractivity contribution in [2.75, 3.05) is 19.7 Å². The third kappa shape index (κ3) is 3.17. The summed E-state index contributed by atoms with van der Waals surface area (Å²) in [5.41, 5.74) is 5.08. The lowest BCUT2D eigenvalue weighted by Crippen LogP contribution is -2.50. The van der Waals surface area contributed by atoms with Gasteiger partial charge in [-0.05, 0) is 19.4 Å². The Morgan fingerprint density at radius 3 is 2.87 bits per heavy atom. The van der Waals surface area contributed by atoms with E-state index in [1.54, 1.807) is 0 Å².